The fourth-order valence-electron chi connectivity index (χ4n) is 4.66. The van der Waals surface area contributed by atoms with E-state index in [1.165, 1.54) is 51.6 Å². The van der Waals surface area contributed by atoms with E-state index < -0.39 is 8.32 Å². The number of hydrogen-bond donors (Lipinski definition) is 0. The van der Waals surface area contributed by atoms with Crippen molar-refractivity contribution in [3.63, 3.8) is 0 Å². The molecule has 122 valence electrons. The highest BCUT2D eigenvalue weighted by Gasteiger charge is 2.49. The first-order valence-electron chi connectivity index (χ1n) is 9.20. The lowest BCUT2D eigenvalue weighted by molar-refractivity contribution is 0.00528. The highest BCUT2D eigenvalue weighted by Crippen LogP contribution is 2.48. The summed E-state index contributed by atoms with van der Waals surface area (Å²) in [5.74, 6) is 1.89. The largest absolute Gasteiger partial charge is 0.412 e. The van der Waals surface area contributed by atoms with Crippen LogP contribution in [0.25, 0.3) is 0 Å². The molecule has 3 aliphatic rings. The van der Waals surface area contributed by atoms with Gasteiger partial charge in [-0.1, -0.05) is 27.2 Å². The van der Waals surface area contributed by atoms with Crippen molar-refractivity contribution in [3.05, 3.63) is 0 Å². The molecule has 0 spiro atoms. The summed E-state index contributed by atoms with van der Waals surface area (Å²) < 4.78 is 6.95. The third-order valence-electron chi connectivity index (χ3n) is 6.83. The van der Waals surface area contributed by atoms with Crippen LogP contribution in [0.1, 0.15) is 59.3 Å². The van der Waals surface area contributed by atoms with Crippen molar-refractivity contribution in [2.45, 2.75) is 89.6 Å². The molecule has 0 aromatic heterocycles. The van der Waals surface area contributed by atoms with Gasteiger partial charge >= 0.3 is 0 Å². The zero-order valence-corrected chi connectivity index (χ0v) is 15.8. The Hall–Kier alpha value is 0.137. The maximum Gasteiger partial charge on any atom is 0.192 e. The van der Waals surface area contributed by atoms with Crippen LogP contribution in [0.2, 0.25) is 18.1 Å². The van der Waals surface area contributed by atoms with Crippen LogP contribution in [-0.4, -0.2) is 38.5 Å². The minimum atomic E-state index is -1.64. The number of fused-ring (bicyclic) bond motifs is 2. The highest BCUT2D eigenvalue weighted by molar-refractivity contribution is 6.74. The Kier molecular flexibility index (Phi) is 4.31. The van der Waals surface area contributed by atoms with E-state index in [2.05, 4.69) is 38.8 Å². The van der Waals surface area contributed by atoms with Crippen molar-refractivity contribution in [2.24, 2.45) is 11.8 Å². The summed E-state index contributed by atoms with van der Waals surface area (Å²) in [4.78, 5) is 2.80. The molecule has 1 heterocycles. The van der Waals surface area contributed by atoms with E-state index in [9.17, 15) is 0 Å². The second-order valence-corrected chi connectivity index (χ2v) is 14.1. The fourth-order valence-corrected chi connectivity index (χ4v) is 6.00. The summed E-state index contributed by atoms with van der Waals surface area (Å²) in [5.41, 5.74) is 0. The first-order valence-corrected chi connectivity index (χ1v) is 12.1. The molecule has 4 atom stereocenters. The quantitative estimate of drug-likeness (QED) is 0.703. The molecule has 0 amide bonds. The van der Waals surface area contributed by atoms with E-state index in [0.29, 0.717) is 11.1 Å². The molecule has 21 heavy (non-hydrogen) atoms. The average Bonchev–Trinajstić information content (AvgIpc) is 2.99. The predicted octanol–water partition coefficient (Wildman–Crippen LogP) is 4.66. The standard InChI is InChI=1S/C18H35NOSi/c1-18(2,3)21(4,5)20-16-13-14-8-9-15(12-14)17(16)19-10-6-7-11-19/h14-17H,6-13H2,1-5H3/t14-,15+,16-,17+/m0/s1. The first kappa shape index (κ1) is 16.0. The Morgan fingerprint density at radius 1 is 1.00 bits per heavy atom. The van der Waals surface area contributed by atoms with Crippen LogP contribution < -0.4 is 0 Å². The topological polar surface area (TPSA) is 12.5 Å². The molecule has 0 radical (unpaired) electrons. The molecule has 1 aliphatic heterocycles. The Balaban J connectivity index is 1.77. The summed E-state index contributed by atoms with van der Waals surface area (Å²) >= 11 is 0. The average molecular weight is 310 g/mol. The van der Waals surface area contributed by atoms with Gasteiger partial charge in [-0.15, -0.1) is 0 Å². The predicted molar refractivity (Wildman–Crippen MR) is 92.1 cm³/mol. The molecule has 2 bridgehead atoms. The maximum absolute atomic E-state index is 6.95. The molecule has 2 aliphatic carbocycles. The van der Waals surface area contributed by atoms with Crippen molar-refractivity contribution in [2.75, 3.05) is 13.1 Å². The van der Waals surface area contributed by atoms with Crippen molar-refractivity contribution in [1.82, 2.24) is 4.90 Å². The van der Waals surface area contributed by atoms with Crippen LogP contribution in [0, 0.1) is 11.8 Å². The second kappa shape index (κ2) is 5.65. The van der Waals surface area contributed by atoms with E-state index >= 15 is 0 Å². The lowest BCUT2D eigenvalue weighted by atomic mass is 9.82. The highest BCUT2D eigenvalue weighted by atomic mass is 28.4. The molecule has 0 unspecified atom stereocenters. The molecular weight excluding hydrogens is 274 g/mol. The van der Waals surface area contributed by atoms with Gasteiger partial charge in [-0.05, 0) is 75.2 Å². The van der Waals surface area contributed by atoms with Gasteiger partial charge in [-0.2, -0.15) is 0 Å². The van der Waals surface area contributed by atoms with Gasteiger partial charge in [-0.25, -0.2) is 0 Å². The van der Waals surface area contributed by atoms with E-state index in [1.54, 1.807) is 0 Å². The van der Waals surface area contributed by atoms with Crippen LogP contribution >= 0.6 is 0 Å². The van der Waals surface area contributed by atoms with Gasteiger partial charge in [0.05, 0.1) is 6.10 Å². The Labute approximate surface area is 132 Å². The van der Waals surface area contributed by atoms with E-state index in [1.807, 2.05) is 0 Å². The smallest absolute Gasteiger partial charge is 0.192 e. The van der Waals surface area contributed by atoms with Crippen LogP contribution in [0.5, 0.6) is 0 Å². The van der Waals surface area contributed by atoms with Crippen LogP contribution in [0.15, 0.2) is 0 Å². The molecule has 3 heteroatoms. The number of likely N-dealkylation sites (tertiary alicyclic amines) is 1. The second-order valence-electron chi connectivity index (χ2n) is 9.33. The summed E-state index contributed by atoms with van der Waals surface area (Å²) in [7, 11) is -1.64. The van der Waals surface area contributed by atoms with Gasteiger partial charge in [0.25, 0.3) is 0 Å². The normalized spacial score (nSPS) is 38.1. The monoisotopic (exact) mass is 309 g/mol. The lowest BCUT2D eigenvalue weighted by Crippen LogP contribution is -2.55. The maximum atomic E-state index is 6.95. The van der Waals surface area contributed by atoms with E-state index in [0.717, 1.165) is 17.9 Å². The first-order chi connectivity index (χ1) is 9.78. The summed E-state index contributed by atoms with van der Waals surface area (Å²) in [6.45, 7) is 14.6. The lowest BCUT2D eigenvalue weighted by Gasteiger charge is -2.47. The van der Waals surface area contributed by atoms with Gasteiger partial charge < -0.3 is 4.43 Å². The van der Waals surface area contributed by atoms with Crippen molar-refractivity contribution >= 4 is 8.32 Å². The zero-order chi connectivity index (χ0) is 15.3. The third kappa shape index (κ3) is 3.11. The minimum absolute atomic E-state index is 0.332. The van der Waals surface area contributed by atoms with E-state index in [-0.39, 0.29) is 0 Å². The van der Waals surface area contributed by atoms with Crippen molar-refractivity contribution in [1.29, 1.82) is 0 Å². The molecular formula is C18H35NOSi. The molecule has 3 rings (SSSR count). The Morgan fingerprint density at radius 3 is 2.29 bits per heavy atom. The number of nitrogens with zero attached hydrogens (tertiary/aromatic N) is 1. The van der Waals surface area contributed by atoms with Gasteiger partial charge in [-0.3, -0.25) is 4.90 Å². The molecule has 2 saturated carbocycles. The van der Waals surface area contributed by atoms with Gasteiger partial charge in [0.2, 0.25) is 0 Å². The summed E-state index contributed by atoms with van der Waals surface area (Å²) in [6.07, 6.45) is 9.08. The molecule has 2 nitrogen and oxygen atoms in total. The fraction of sp³-hybridized carbons (Fsp3) is 1.00. The molecule has 0 aromatic rings. The van der Waals surface area contributed by atoms with Crippen molar-refractivity contribution < 1.29 is 4.43 Å². The Bertz CT molecular complexity index is 368. The zero-order valence-electron chi connectivity index (χ0n) is 14.8. The summed E-state index contributed by atoms with van der Waals surface area (Å²) in [5, 5.41) is 0.332. The van der Waals surface area contributed by atoms with Crippen LogP contribution in [0.3, 0.4) is 0 Å². The number of rotatable bonds is 3. The number of hydrogen-bond acceptors (Lipinski definition) is 2. The van der Waals surface area contributed by atoms with Gasteiger partial charge in [0.1, 0.15) is 0 Å². The molecule has 0 N–H and O–H groups in total. The van der Waals surface area contributed by atoms with Crippen LogP contribution in [-0.2, 0) is 4.43 Å². The Morgan fingerprint density at radius 2 is 1.67 bits per heavy atom. The molecule has 0 aromatic carbocycles. The minimum Gasteiger partial charge on any atom is -0.412 e. The molecule has 1 saturated heterocycles. The van der Waals surface area contributed by atoms with Crippen LogP contribution in [0.4, 0.5) is 0 Å². The summed E-state index contributed by atoms with van der Waals surface area (Å²) in [6, 6.07) is 0.736. The SMILES string of the molecule is CC(C)(C)[Si](C)(C)O[C@H]1C[C@H]2CC[C@H](C2)[C@H]1N1CCCC1. The van der Waals surface area contributed by atoms with E-state index in [4.69, 9.17) is 4.43 Å². The van der Waals surface area contributed by atoms with Crippen molar-refractivity contribution in [3.8, 4) is 0 Å². The van der Waals surface area contributed by atoms with Gasteiger partial charge in [0, 0.05) is 6.04 Å². The molecule has 3 fully saturated rings. The van der Waals surface area contributed by atoms with Gasteiger partial charge in [0.15, 0.2) is 8.32 Å². The third-order valence-corrected chi connectivity index (χ3v) is 11.3.